The van der Waals surface area contributed by atoms with Gasteiger partial charge in [-0.25, -0.2) is 4.79 Å². The number of carbonyl (C=O) groups is 2. The maximum absolute atomic E-state index is 13.6. The molecule has 10 heteroatoms. The summed E-state index contributed by atoms with van der Waals surface area (Å²) in [6, 6.07) is 9.93. The van der Waals surface area contributed by atoms with Crippen molar-refractivity contribution in [3.63, 3.8) is 0 Å². The molecule has 1 aliphatic heterocycles. The van der Waals surface area contributed by atoms with Crippen LogP contribution in [0, 0.1) is 6.92 Å². The van der Waals surface area contributed by atoms with E-state index in [0.29, 0.717) is 16.9 Å². The fourth-order valence-electron chi connectivity index (χ4n) is 3.94. The van der Waals surface area contributed by atoms with Crippen LogP contribution in [0.25, 0.3) is 11.0 Å². The van der Waals surface area contributed by atoms with Gasteiger partial charge in [0.1, 0.15) is 5.76 Å². The first kappa shape index (κ1) is 21.2. The molecule has 0 spiro atoms. The first-order chi connectivity index (χ1) is 15.8. The molecule has 0 radical (unpaired) electrons. The zero-order chi connectivity index (χ0) is 23.4. The molecule has 1 unspecified atom stereocenters. The Labute approximate surface area is 196 Å². The summed E-state index contributed by atoms with van der Waals surface area (Å²) >= 11 is 12.4. The van der Waals surface area contributed by atoms with Crippen LogP contribution in [-0.4, -0.2) is 24.1 Å². The first-order valence-corrected chi connectivity index (χ1v) is 10.5. The minimum Gasteiger partial charge on any atom is -0.465 e. The number of ether oxygens (including phenoxy) is 1. The van der Waals surface area contributed by atoms with Crippen LogP contribution in [0.2, 0.25) is 10.0 Å². The van der Waals surface area contributed by atoms with Crippen LogP contribution in [0.4, 0.5) is 5.82 Å². The van der Waals surface area contributed by atoms with Crippen molar-refractivity contribution >= 4 is 51.9 Å². The van der Waals surface area contributed by atoms with E-state index in [1.165, 1.54) is 24.1 Å². The van der Waals surface area contributed by atoms with E-state index in [-0.39, 0.29) is 38.2 Å². The van der Waals surface area contributed by atoms with Crippen LogP contribution in [0.3, 0.4) is 0 Å². The van der Waals surface area contributed by atoms with Gasteiger partial charge in [-0.15, -0.1) is 0 Å². The molecule has 5 rings (SSSR count). The van der Waals surface area contributed by atoms with Crippen LogP contribution < -0.4 is 10.3 Å². The molecule has 1 amide bonds. The number of fused-ring (bicyclic) bond motifs is 2. The van der Waals surface area contributed by atoms with Gasteiger partial charge in [0.05, 0.1) is 34.7 Å². The second kappa shape index (κ2) is 7.75. The van der Waals surface area contributed by atoms with E-state index in [1.807, 2.05) is 0 Å². The number of rotatable bonds is 3. The monoisotopic (exact) mass is 484 g/mol. The second-order valence-corrected chi connectivity index (χ2v) is 8.27. The molecule has 33 heavy (non-hydrogen) atoms. The predicted molar refractivity (Wildman–Crippen MR) is 120 cm³/mol. The van der Waals surface area contributed by atoms with Crippen LogP contribution in [0.15, 0.2) is 56.2 Å². The molecule has 166 valence electrons. The quantitative estimate of drug-likeness (QED) is 0.379. The highest BCUT2D eigenvalue weighted by Crippen LogP contribution is 2.42. The molecule has 0 bridgehead atoms. The van der Waals surface area contributed by atoms with Gasteiger partial charge in [-0.2, -0.15) is 0 Å². The van der Waals surface area contributed by atoms with Crippen LogP contribution >= 0.6 is 23.2 Å². The van der Waals surface area contributed by atoms with Gasteiger partial charge in [-0.1, -0.05) is 40.5 Å². The van der Waals surface area contributed by atoms with E-state index >= 15 is 0 Å². The lowest BCUT2D eigenvalue weighted by molar-refractivity contribution is 0.0600. The number of esters is 1. The van der Waals surface area contributed by atoms with Gasteiger partial charge in [-0.3, -0.25) is 14.5 Å². The number of amides is 1. The molecule has 0 N–H and O–H groups in total. The molecule has 2 aromatic heterocycles. The molecular weight excluding hydrogens is 471 g/mol. The number of hydrogen-bond donors (Lipinski definition) is 0. The van der Waals surface area contributed by atoms with E-state index in [1.54, 1.807) is 37.3 Å². The minimum atomic E-state index is -0.887. The van der Waals surface area contributed by atoms with Crippen molar-refractivity contribution in [2.75, 3.05) is 12.0 Å². The molecule has 3 heterocycles. The topological polar surface area (TPSA) is 103 Å². The molecule has 0 saturated heterocycles. The van der Waals surface area contributed by atoms with E-state index in [2.05, 4.69) is 5.16 Å². The van der Waals surface area contributed by atoms with Crippen LogP contribution in [0.5, 0.6) is 0 Å². The smallest absolute Gasteiger partial charge is 0.337 e. The third kappa shape index (κ3) is 3.30. The van der Waals surface area contributed by atoms with E-state index in [9.17, 15) is 14.4 Å². The van der Waals surface area contributed by atoms with E-state index < -0.39 is 23.3 Å². The largest absolute Gasteiger partial charge is 0.465 e. The van der Waals surface area contributed by atoms with Gasteiger partial charge in [0.25, 0.3) is 5.91 Å². The Morgan fingerprint density at radius 1 is 1.12 bits per heavy atom. The van der Waals surface area contributed by atoms with Gasteiger partial charge in [0.15, 0.2) is 16.8 Å². The van der Waals surface area contributed by atoms with Gasteiger partial charge in [0.2, 0.25) is 5.76 Å². The number of nitrogens with zero attached hydrogens (tertiary/aromatic N) is 2. The van der Waals surface area contributed by atoms with Crippen molar-refractivity contribution in [2.24, 2.45) is 0 Å². The SMILES string of the molecule is COC(=O)c1ccc(C2c3c(oc4c(Cl)cc(Cl)cc4c3=O)C(=O)N2c2cc(C)on2)cc1. The summed E-state index contributed by atoms with van der Waals surface area (Å²) < 4.78 is 15.8. The minimum absolute atomic E-state index is 0.0659. The van der Waals surface area contributed by atoms with Crippen LogP contribution in [-0.2, 0) is 4.74 Å². The van der Waals surface area contributed by atoms with Crippen LogP contribution in [0.1, 0.15) is 43.8 Å². The summed E-state index contributed by atoms with van der Waals surface area (Å²) in [6.07, 6.45) is 0. The van der Waals surface area contributed by atoms with Crippen molar-refractivity contribution in [3.05, 3.63) is 90.9 Å². The molecule has 2 aromatic carbocycles. The normalized spacial score (nSPS) is 15.2. The first-order valence-electron chi connectivity index (χ1n) is 9.71. The zero-order valence-electron chi connectivity index (χ0n) is 17.2. The summed E-state index contributed by atoms with van der Waals surface area (Å²) in [5, 5.41) is 4.48. The third-order valence-electron chi connectivity index (χ3n) is 5.40. The fourth-order valence-corrected chi connectivity index (χ4v) is 4.47. The number of carbonyl (C=O) groups excluding carboxylic acids is 2. The Kier molecular flexibility index (Phi) is 4.99. The lowest BCUT2D eigenvalue weighted by Gasteiger charge is -2.22. The fraction of sp³-hybridized carbons (Fsp3) is 0.130. The molecule has 1 aliphatic rings. The highest BCUT2D eigenvalue weighted by Gasteiger charge is 2.45. The van der Waals surface area contributed by atoms with E-state index in [0.717, 1.165) is 0 Å². The Morgan fingerprint density at radius 2 is 1.85 bits per heavy atom. The molecule has 0 fully saturated rings. The Morgan fingerprint density at radius 3 is 2.48 bits per heavy atom. The average Bonchev–Trinajstić information content (AvgIpc) is 3.35. The Bertz CT molecular complexity index is 1510. The average molecular weight is 485 g/mol. The van der Waals surface area contributed by atoms with Crippen molar-refractivity contribution < 1.29 is 23.3 Å². The highest BCUT2D eigenvalue weighted by molar-refractivity contribution is 6.38. The van der Waals surface area contributed by atoms with Crippen molar-refractivity contribution in [3.8, 4) is 0 Å². The van der Waals surface area contributed by atoms with Gasteiger partial charge >= 0.3 is 5.97 Å². The number of aromatic nitrogens is 1. The molecule has 4 aromatic rings. The third-order valence-corrected chi connectivity index (χ3v) is 5.90. The maximum Gasteiger partial charge on any atom is 0.337 e. The highest BCUT2D eigenvalue weighted by atomic mass is 35.5. The van der Waals surface area contributed by atoms with Gasteiger partial charge in [-0.05, 0) is 36.8 Å². The lowest BCUT2D eigenvalue weighted by Crippen LogP contribution is -2.29. The second-order valence-electron chi connectivity index (χ2n) is 7.43. The number of aryl methyl sites for hydroxylation is 1. The summed E-state index contributed by atoms with van der Waals surface area (Å²) in [5.41, 5.74) is 0.594. The van der Waals surface area contributed by atoms with Crippen molar-refractivity contribution in [1.29, 1.82) is 0 Å². The molecule has 0 aliphatic carbocycles. The zero-order valence-corrected chi connectivity index (χ0v) is 18.7. The molecule has 1 atom stereocenters. The summed E-state index contributed by atoms with van der Waals surface area (Å²) in [6.45, 7) is 1.68. The number of anilines is 1. The predicted octanol–water partition coefficient (Wildman–Crippen LogP) is 4.93. The molecule has 0 saturated carbocycles. The molecular formula is C23H14Cl2N2O6. The summed E-state index contributed by atoms with van der Waals surface area (Å²) in [5.74, 6) is -0.556. The number of hydrogen-bond acceptors (Lipinski definition) is 7. The standard InChI is InChI=1S/C23H14Cl2N2O6/c1-10-7-16(26-33-10)27-18(11-3-5-12(6-4-11)23(30)31-2)17-19(28)14-8-13(24)9-15(25)20(14)32-21(17)22(27)29/h3-9,18H,1-2H3. The van der Waals surface area contributed by atoms with E-state index in [4.69, 9.17) is 36.9 Å². The Hall–Kier alpha value is -3.62. The Balaban J connectivity index is 1.78. The molecule has 8 nitrogen and oxygen atoms in total. The van der Waals surface area contributed by atoms with Crippen molar-refractivity contribution in [2.45, 2.75) is 13.0 Å². The van der Waals surface area contributed by atoms with Crippen molar-refractivity contribution in [1.82, 2.24) is 5.16 Å². The maximum atomic E-state index is 13.6. The number of methoxy groups -OCH3 is 1. The lowest BCUT2D eigenvalue weighted by atomic mass is 9.97. The van der Waals surface area contributed by atoms with Gasteiger partial charge in [0, 0.05) is 11.1 Å². The van der Waals surface area contributed by atoms with Gasteiger partial charge < -0.3 is 13.7 Å². The number of halogens is 2. The number of benzene rings is 2. The summed E-state index contributed by atoms with van der Waals surface area (Å²) in [7, 11) is 1.28. The summed E-state index contributed by atoms with van der Waals surface area (Å²) in [4.78, 5) is 40.2.